The number of esters is 2. The lowest BCUT2D eigenvalue weighted by atomic mass is 10.0. The SMILES string of the molecule is CCCCC/C=C\C/C=C\C/C=C\C/C=C\CCCC(=O)OC[C@H](COP(=O)(O)OC[C@@H](O)COP(=O)(O)O)OC(=O)CCCC(O)C(O)C/C=C\C/C=C\C/C=C\CCCCC. The van der Waals surface area contributed by atoms with E-state index in [9.17, 15) is 38.9 Å². The van der Waals surface area contributed by atoms with Crippen LogP contribution in [0.5, 0.6) is 0 Å². The van der Waals surface area contributed by atoms with Gasteiger partial charge in [0.1, 0.15) is 12.7 Å². The summed E-state index contributed by atoms with van der Waals surface area (Å²) in [5, 5.41) is 30.5. The predicted octanol–water partition coefficient (Wildman–Crippen LogP) is 9.50. The molecule has 0 spiro atoms. The van der Waals surface area contributed by atoms with Crippen LogP contribution in [0.15, 0.2) is 85.1 Å². The summed E-state index contributed by atoms with van der Waals surface area (Å²) in [4.78, 5) is 52.8. The minimum atomic E-state index is -4.91. The molecule has 17 heteroatoms. The maximum atomic E-state index is 12.7. The van der Waals surface area contributed by atoms with Crippen molar-refractivity contribution >= 4 is 27.6 Å². The van der Waals surface area contributed by atoms with E-state index in [1.54, 1.807) is 6.08 Å². The number of hydrogen-bond donors (Lipinski definition) is 6. The Morgan fingerprint density at radius 1 is 0.508 bits per heavy atom. The Hall–Kier alpha value is -2.78. The second-order valence-corrected chi connectivity index (χ2v) is 17.6. The Bertz CT molecular complexity index is 1470. The Balaban J connectivity index is 4.85. The molecule has 0 saturated heterocycles. The van der Waals surface area contributed by atoms with E-state index in [0.717, 1.165) is 38.5 Å². The smallest absolute Gasteiger partial charge is 0.462 e. The lowest BCUT2D eigenvalue weighted by Crippen LogP contribution is -2.30. The highest BCUT2D eigenvalue weighted by Gasteiger charge is 2.28. The highest BCUT2D eigenvalue weighted by Crippen LogP contribution is 2.43. The highest BCUT2D eigenvalue weighted by molar-refractivity contribution is 7.47. The van der Waals surface area contributed by atoms with Gasteiger partial charge in [-0.2, -0.15) is 0 Å². The van der Waals surface area contributed by atoms with Gasteiger partial charge in [0.05, 0.1) is 32.0 Å². The Kier molecular flexibility index (Phi) is 38.9. The van der Waals surface area contributed by atoms with Crippen molar-refractivity contribution in [1.82, 2.24) is 0 Å². The first-order chi connectivity index (χ1) is 30.2. The van der Waals surface area contributed by atoms with Crippen molar-refractivity contribution < 1.29 is 71.8 Å². The van der Waals surface area contributed by atoms with Crippen LogP contribution in [-0.2, 0) is 41.8 Å². The molecule has 63 heavy (non-hydrogen) atoms. The molecule has 362 valence electrons. The van der Waals surface area contributed by atoms with Crippen LogP contribution in [0.1, 0.15) is 142 Å². The molecule has 0 amide bonds. The lowest BCUT2D eigenvalue weighted by molar-refractivity contribution is -0.161. The molecule has 0 bridgehead atoms. The second kappa shape index (κ2) is 40.7. The number of allylic oxidation sites excluding steroid dienone is 13. The summed E-state index contributed by atoms with van der Waals surface area (Å²) in [7, 11) is -9.81. The quantitative estimate of drug-likeness (QED) is 0.0145. The molecule has 0 heterocycles. The minimum Gasteiger partial charge on any atom is -0.462 e. The number of carbonyl (C=O) groups is 2. The highest BCUT2D eigenvalue weighted by atomic mass is 31.2. The molecule has 0 aliphatic carbocycles. The third-order valence-electron chi connectivity index (χ3n) is 8.95. The van der Waals surface area contributed by atoms with E-state index in [4.69, 9.17) is 23.8 Å². The van der Waals surface area contributed by atoms with Gasteiger partial charge < -0.3 is 39.5 Å². The monoisotopic (exact) mass is 932 g/mol. The second-order valence-electron chi connectivity index (χ2n) is 14.9. The summed E-state index contributed by atoms with van der Waals surface area (Å²) in [6.07, 6.45) is 38.9. The van der Waals surface area contributed by atoms with Gasteiger partial charge in [0.15, 0.2) is 6.10 Å². The molecule has 0 rings (SSSR count). The molecule has 0 aromatic heterocycles. The summed E-state index contributed by atoms with van der Waals surface area (Å²) < 4.78 is 47.5. The van der Waals surface area contributed by atoms with E-state index in [-0.39, 0.29) is 32.1 Å². The van der Waals surface area contributed by atoms with E-state index in [1.165, 1.54) is 38.5 Å². The first-order valence-electron chi connectivity index (χ1n) is 22.4. The van der Waals surface area contributed by atoms with Crippen molar-refractivity contribution in [1.29, 1.82) is 0 Å². The topological polar surface area (TPSA) is 236 Å². The Morgan fingerprint density at radius 2 is 0.952 bits per heavy atom. The average molecular weight is 933 g/mol. The zero-order valence-electron chi connectivity index (χ0n) is 37.6. The maximum Gasteiger partial charge on any atom is 0.472 e. The molecule has 15 nitrogen and oxygen atoms in total. The standard InChI is InChI=1S/C46H78O15P2/c1-3-5-7-9-11-13-15-17-18-19-20-21-23-25-27-29-31-35-45(50)57-39-42(40-60-63(55,56)59-38-41(47)37-58-62(52,53)54)61-46(51)36-32-34-44(49)43(48)33-30-28-26-24-22-16-14-12-10-8-6-4-2/h11-14,17-18,20-22,24-25,27-28,30,41-44,47-49H,3-10,15-16,19,23,26,29,31-40H2,1-2H3,(H,55,56)(H2,52,53,54)/b13-11-,14-12-,18-17-,21-20-,24-22-,27-25-,30-28-/t41-,42+,43?,44?/m0/s1. The summed E-state index contributed by atoms with van der Waals surface area (Å²) in [5.41, 5.74) is 0. The Morgan fingerprint density at radius 3 is 1.46 bits per heavy atom. The molecule has 5 atom stereocenters. The Labute approximate surface area is 376 Å². The molecule has 0 radical (unpaired) electrons. The summed E-state index contributed by atoms with van der Waals surface area (Å²) in [5.74, 6) is -1.39. The van der Waals surface area contributed by atoms with Crippen LogP contribution in [-0.4, -0.2) is 92.8 Å². The van der Waals surface area contributed by atoms with Crippen LogP contribution >= 0.6 is 15.6 Å². The minimum absolute atomic E-state index is 0.0542. The summed E-state index contributed by atoms with van der Waals surface area (Å²) >= 11 is 0. The molecule has 3 unspecified atom stereocenters. The summed E-state index contributed by atoms with van der Waals surface area (Å²) in [6, 6.07) is 0. The van der Waals surface area contributed by atoms with Gasteiger partial charge in [0.25, 0.3) is 0 Å². The van der Waals surface area contributed by atoms with Gasteiger partial charge in [-0.3, -0.25) is 23.2 Å². The van der Waals surface area contributed by atoms with Gasteiger partial charge in [-0.1, -0.05) is 125 Å². The van der Waals surface area contributed by atoms with Crippen molar-refractivity contribution in [2.45, 2.75) is 167 Å². The first kappa shape index (κ1) is 60.2. The third kappa shape index (κ3) is 42.9. The number of aliphatic hydroxyl groups excluding tert-OH is 3. The molecule has 0 aliphatic heterocycles. The number of carbonyl (C=O) groups excluding carboxylic acids is 2. The van der Waals surface area contributed by atoms with Crippen molar-refractivity contribution in [3.63, 3.8) is 0 Å². The normalized spacial score (nSPS) is 15.7. The van der Waals surface area contributed by atoms with Crippen molar-refractivity contribution in [3.05, 3.63) is 85.1 Å². The van der Waals surface area contributed by atoms with Crippen LogP contribution < -0.4 is 0 Å². The number of ether oxygens (including phenoxy) is 2. The fourth-order valence-electron chi connectivity index (χ4n) is 5.38. The summed E-state index contributed by atoms with van der Waals surface area (Å²) in [6.45, 7) is 1.29. The van der Waals surface area contributed by atoms with Crippen molar-refractivity contribution in [2.75, 3.05) is 26.4 Å². The van der Waals surface area contributed by atoms with Gasteiger partial charge in [0.2, 0.25) is 0 Å². The van der Waals surface area contributed by atoms with Gasteiger partial charge in [-0.15, -0.1) is 0 Å². The van der Waals surface area contributed by atoms with E-state index in [2.05, 4.69) is 77.6 Å². The number of unbranched alkanes of at least 4 members (excludes halogenated alkanes) is 7. The van der Waals surface area contributed by atoms with E-state index in [1.807, 2.05) is 24.3 Å². The van der Waals surface area contributed by atoms with Gasteiger partial charge in [-0.05, 0) is 89.9 Å². The van der Waals surface area contributed by atoms with Crippen LogP contribution in [0.2, 0.25) is 0 Å². The number of aliphatic hydroxyl groups is 3. The largest absolute Gasteiger partial charge is 0.472 e. The predicted molar refractivity (Wildman–Crippen MR) is 246 cm³/mol. The molecule has 6 N–H and O–H groups in total. The lowest BCUT2D eigenvalue weighted by Gasteiger charge is -2.21. The zero-order chi connectivity index (χ0) is 46.9. The van der Waals surface area contributed by atoms with Crippen molar-refractivity contribution in [2.24, 2.45) is 0 Å². The van der Waals surface area contributed by atoms with Gasteiger partial charge in [-0.25, -0.2) is 9.13 Å². The van der Waals surface area contributed by atoms with Crippen LogP contribution in [0.4, 0.5) is 0 Å². The first-order valence-corrected chi connectivity index (χ1v) is 25.5. The number of phosphoric acid groups is 2. The molecule has 0 aliphatic rings. The molecular weight excluding hydrogens is 854 g/mol. The fraction of sp³-hybridized carbons (Fsp3) is 0.652. The van der Waals surface area contributed by atoms with E-state index >= 15 is 0 Å². The average Bonchev–Trinajstić information content (AvgIpc) is 3.24. The van der Waals surface area contributed by atoms with Crippen LogP contribution in [0.3, 0.4) is 0 Å². The van der Waals surface area contributed by atoms with Crippen LogP contribution in [0.25, 0.3) is 0 Å². The maximum absolute atomic E-state index is 12.7. The van der Waals surface area contributed by atoms with Crippen LogP contribution in [0, 0.1) is 0 Å². The molecular formula is C46H78O15P2. The number of rotatable bonds is 41. The molecule has 0 fully saturated rings. The van der Waals surface area contributed by atoms with Gasteiger partial charge in [0, 0.05) is 12.8 Å². The van der Waals surface area contributed by atoms with E-state index < -0.39 is 78.4 Å². The number of hydrogen-bond acceptors (Lipinski definition) is 12. The fourth-order valence-corrected chi connectivity index (χ4v) is 6.54. The van der Waals surface area contributed by atoms with E-state index in [0.29, 0.717) is 19.3 Å². The molecule has 0 saturated carbocycles. The molecule has 0 aromatic rings. The zero-order valence-corrected chi connectivity index (χ0v) is 39.4. The van der Waals surface area contributed by atoms with Crippen molar-refractivity contribution in [3.8, 4) is 0 Å². The molecule has 0 aromatic carbocycles. The van der Waals surface area contributed by atoms with Gasteiger partial charge >= 0.3 is 27.6 Å². The number of phosphoric ester groups is 2. The third-order valence-corrected chi connectivity index (χ3v) is 10.4.